The smallest absolute Gasteiger partial charge is 0.433 e. The Morgan fingerprint density at radius 3 is 2.40 bits per heavy atom. The van der Waals surface area contributed by atoms with Gasteiger partial charge in [-0.15, -0.1) is 0 Å². The van der Waals surface area contributed by atoms with Crippen molar-refractivity contribution in [1.29, 1.82) is 5.26 Å². The lowest BCUT2D eigenvalue weighted by Gasteiger charge is -2.34. The van der Waals surface area contributed by atoms with Crippen LogP contribution in [0.25, 0.3) is 0 Å². The number of alkyl halides is 3. The highest BCUT2D eigenvalue weighted by Gasteiger charge is 2.53. The molecular weight excluding hydrogens is 429 g/mol. The molecule has 2 heterocycles. The standard InChI is InChI=1S/C18H18ClF3N4O4/c1-29-17(28)25-6-4-24(5-7-25)15(27)14-10-26(16(30-14)18(20,21)22)12-3-2-11(9-23)13(19)8-12/h2-3,8,14,16H,4-7,10H2,1H3. The van der Waals surface area contributed by atoms with E-state index in [1.165, 1.54) is 35.1 Å². The Morgan fingerprint density at radius 1 is 1.23 bits per heavy atom. The molecule has 2 saturated heterocycles. The number of benzene rings is 1. The Labute approximate surface area is 175 Å². The molecule has 3 rings (SSSR count). The van der Waals surface area contributed by atoms with Crippen molar-refractivity contribution in [2.75, 3.05) is 44.7 Å². The first kappa shape index (κ1) is 22.0. The molecule has 2 fully saturated rings. The quantitative estimate of drug-likeness (QED) is 0.692. The molecule has 0 aromatic heterocycles. The number of halogens is 4. The summed E-state index contributed by atoms with van der Waals surface area (Å²) >= 11 is 5.95. The normalized spacial score (nSPS) is 22.1. The van der Waals surface area contributed by atoms with Gasteiger partial charge in [-0.3, -0.25) is 4.79 Å². The van der Waals surface area contributed by atoms with Crippen LogP contribution in [0.15, 0.2) is 18.2 Å². The van der Waals surface area contributed by atoms with Crippen molar-refractivity contribution in [3.05, 3.63) is 28.8 Å². The molecule has 30 heavy (non-hydrogen) atoms. The van der Waals surface area contributed by atoms with Crippen LogP contribution in [0.3, 0.4) is 0 Å². The van der Waals surface area contributed by atoms with Crippen LogP contribution in [0.5, 0.6) is 0 Å². The van der Waals surface area contributed by atoms with Crippen molar-refractivity contribution in [2.45, 2.75) is 18.5 Å². The summed E-state index contributed by atoms with van der Waals surface area (Å²) in [6, 6.07) is 5.72. The van der Waals surface area contributed by atoms with Crippen LogP contribution in [0.2, 0.25) is 5.02 Å². The summed E-state index contributed by atoms with van der Waals surface area (Å²) in [6.07, 6.45) is -8.94. The van der Waals surface area contributed by atoms with E-state index in [4.69, 9.17) is 21.6 Å². The van der Waals surface area contributed by atoms with Crippen LogP contribution >= 0.6 is 11.6 Å². The lowest BCUT2D eigenvalue weighted by atomic mass is 10.2. The number of carbonyl (C=O) groups excluding carboxylic acids is 2. The zero-order valence-corrected chi connectivity index (χ0v) is 16.6. The molecule has 0 spiro atoms. The average molecular weight is 447 g/mol. The highest BCUT2D eigenvalue weighted by atomic mass is 35.5. The van der Waals surface area contributed by atoms with Gasteiger partial charge in [-0.1, -0.05) is 11.6 Å². The second-order valence-corrected chi connectivity index (χ2v) is 7.14. The molecule has 8 nitrogen and oxygen atoms in total. The van der Waals surface area contributed by atoms with Crippen molar-refractivity contribution in [1.82, 2.24) is 9.80 Å². The largest absolute Gasteiger partial charge is 0.453 e. The maximum absolute atomic E-state index is 13.6. The SMILES string of the molecule is COC(=O)N1CCN(C(=O)C2CN(c3ccc(C#N)c(Cl)c3)C(C(F)(F)F)O2)CC1. The first-order valence-electron chi connectivity index (χ1n) is 8.96. The molecule has 2 amide bonds. The molecule has 12 heteroatoms. The number of ether oxygens (including phenoxy) is 2. The lowest BCUT2D eigenvalue weighted by Crippen LogP contribution is -2.53. The third-order valence-electron chi connectivity index (χ3n) is 4.92. The zero-order valence-electron chi connectivity index (χ0n) is 15.9. The molecule has 162 valence electrons. The second-order valence-electron chi connectivity index (χ2n) is 6.73. The summed E-state index contributed by atoms with van der Waals surface area (Å²) in [5.41, 5.74) is 0.215. The van der Waals surface area contributed by atoms with Gasteiger partial charge >= 0.3 is 12.3 Å². The fraction of sp³-hybridized carbons (Fsp3) is 0.500. The monoisotopic (exact) mass is 446 g/mol. The average Bonchev–Trinajstić information content (AvgIpc) is 3.19. The van der Waals surface area contributed by atoms with E-state index >= 15 is 0 Å². The summed E-state index contributed by atoms with van der Waals surface area (Å²) in [4.78, 5) is 28.0. The molecule has 0 saturated carbocycles. The Hall–Kier alpha value is -2.71. The number of hydrogen-bond donors (Lipinski definition) is 0. The van der Waals surface area contributed by atoms with Crippen molar-refractivity contribution in [3.8, 4) is 6.07 Å². The summed E-state index contributed by atoms with van der Waals surface area (Å²) in [5.74, 6) is -0.587. The number of carbonyl (C=O) groups is 2. The van der Waals surface area contributed by atoms with Gasteiger partial charge in [0.25, 0.3) is 5.91 Å². The summed E-state index contributed by atoms with van der Waals surface area (Å²) < 4.78 is 50.4. The molecule has 0 N–H and O–H groups in total. The van der Waals surface area contributed by atoms with Gasteiger partial charge in [0.2, 0.25) is 6.23 Å². The van der Waals surface area contributed by atoms with Gasteiger partial charge in [0, 0.05) is 31.9 Å². The number of nitriles is 1. The highest BCUT2D eigenvalue weighted by Crippen LogP contribution is 2.36. The minimum Gasteiger partial charge on any atom is -0.453 e. The van der Waals surface area contributed by atoms with E-state index in [-0.39, 0.29) is 49.0 Å². The van der Waals surface area contributed by atoms with Crippen LogP contribution in [-0.2, 0) is 14.3 Å². The van der Waals surface area contributed by atoms with Gasteiger partial charge in [-0.05, 0) is 18.2 Å². The summed E-state index contributed by atoms with van der Waals surface area (Å²) in [7, 11) is 1.24. The first-order valence-corrected chi connectivity index (χ1v) is 9.33. The fourth-order valence-corrected chi connectivity index (χ4v) is 3.61. The molecule has 2 atom stereocenters. The van der Waals surface area contributed by atoms with Gasteiger partial charge in [-0.2, -0.15) is 18.4 Å². The van der Waals surface area contributed by atoms with E-state index in [1.54, 1.807) is 0 Å². The first-order chi connectivity index (χ1) is 14.2. The maximum Gasteiger partial charge on any atom is 0.433 e. The second kappa shape index (κ2) is 8.57. The van der Waals surface area contributed by atoms with E-state index in [9.17, 15) is 22.8 Å². The van der Waals surface area contributed by atoms with Gasteiger partial charge in [0.15, 0.2) is 6.10 Å². The van der Waals surface area contributed by atoms with Crippen LogP contribution in [0.4, 0.5) is 23.7 Å². The summed E-state index contributed by atoms with van der Waals surface area (Å²) in [6.45, 7) is 0.411. The van der Waals surface area contributed by atoms with E-state index in [1.807, 2.05) is 6.07 Å². The van der Waals surface area contributed by atoms with Crippen LogP contribution in [-0.4, -0.2) is 80.1 Å². The van der Waals surface area contributed by atoms with E-state index in [0.29, 0.717) is 0 Å². The Bertz CT molecular complexity index is 868. The molecule has 2 aliphatic rings. The van der Waals surface area contributed by atoms with E-state index in [2.05, 4.69) is 4.74 Å². The number of anilines is 1. The van der Waals surface area contributed by atoms with Gasteiger partial charge < -0.3 is 24.2 Å². The predicted octanol–water partition coefficient (Wildman–Crippen LogP) is 2.22. The molecule has 1 aromatic rings. The zero-order chi connectivity index (χ0) is 22.1. The van der Waals surface area contributed by atoms with Gasteiger partial charge in [-0.25, -0.2) is 4.79 Å². The Morgan fingerprint density at radius 2 is 1.87 bits per heavy atom. The number of nitrogens with zero attached hydrogens (tertiary/aromatic N) is 4. The molecular formula is C18H18ClF3N4O4. The number of piperazine rings is 1. The number of rotatable bonds is 2. The predicted molar refractivity (Wildman–Crippen MR) is 98.8 cm³/mol. The van der Waals surface area contributed by atoms with Crippen molar-refractivity contribution in [3.63, 3.8) is 0 Å². The van der Waals surface area contributed by atoms with Crippen molar-refractivity contribution < 1.29 is 32.2 Å². The van der Waals surface area contributed by atoms with Crippen molar-refractivity contribution in [2.24, 2.45) is 0 Å². The van der Waals surface area contributed by atoms with Crippen LogP contribution in [0.1, 0.15) is 5.56 Å². The Balaban J connectivity index is 1.75. The minimum absolute atomic E-state index is 0.00429. The molecule has 0 aliphatic carbocycles. The van der Waals surface area contributed by atoms with E-state index < -0.39 is 30.5 Å². The molecule has 0 bridgehead atoms. The maximum atomic E-state index is 13.6. The van der Waals surface area contributed by atoms with E-state index in [0.717, 1.165) is 4.90 Å². The third-order valence-corrected chi connectivity index (χ3v) is 5.24. The lowest BCUT2D eigenvalue weighted by molar-refractivity contribution is -0.215. The molecule has 2 unspecified atom stereocenters. The van der Waals surface area contributed by atoms with Crippen LogP contribution in [0, 0.1) is 11.3 Å². The van der Waals surface area contributed by atoms with Gasteiger partial charge in [0.05, 0.1) is 24.2 Å². The molecule has 2 aliphatic heterocycles. The van der Waals surface area contributed by atoms with Gasteiger partial charge in [0.1, 0.15) is 6.07 Å². The van der Waals surface area contributed by atoms with Crippen molar-refractivity contribution >= 4 is 29.3 Å². The van der Waals surface area contributed by atoms with Crippen LogP contribution < -0.4 is 4.90 Å². The highest BCUT2D eigenvalue weighted by molar-refractivity contribution is 6.32. The third kappa shape index (κ3) is 4.39. The number of methoxy groups -OCH3 is 1. The number of amides is 2. The minimum atomic E-state index is -4.75. The fourth-order valence-electron chi connectivity index (χ4n) is 3.39. The molecule has 0 radical (unpaired) electrons. The topological polar surface area (TPSA) is 86.1 Å². The number of hydrogen-bond acceptors (Lipinski definition) is 6. The summed E-state index contributed by atoms with van der Waals surface area (Å²) in [5, 5.41) is 8.95. The molecule has 1 aromatic carbocycles. The Kier molecular flexibility index (Phi) is 6.28.